The molecule has 0 amide bonds. The molecule has 4 rings (SSSR count). The van der Waals surface area contributed by atoms with Crippen molar-refractivity contribution in [1.29, 1.82) is 0 Å². The summed E-state index contributed by atoms with van der Waals surface area (Å²) < 4.78 is 5.77. The first-order valence-electron chi connectivity index (χ1n) is 11.2. The molecule has 2 saturated carbocycles. The zero-order chi connectivity index (χ0) is 23.1. The molecule has 0 radical (unpaired) electrons. The van der Waals surface area contributed by atoms with Gasteiger partial charge in [0.05, 0.1) is 12.2 Å². The van der Waals surface area contributed by atoms with Gasteiger partial charge >= 0.3 is 5.97 Å². The van der Waals surface area contributed by atoms with Crippen molar-refractivity contribution in [3.8, 4) is 0 Å². The molecule has 0 aromatic rings. The minimum absolute atomic E-state index is 0.0851. The Labute approximate surface area is 182 Å². The van der Waals surface area contributed by atoms with Crippen molar-refractivity contribution in [2.24, 2.45) is 29.1 Å². The Bertz CT molecular complexity index is 888. The standard InChI is InChI=1S/C24H34O7/c1-6-7-17(26)31-20-13(3)23(29)15(18-21(4,5)24(18,20)30)9-14(11-25)10-22(28)16(23)8-12(2)19(22)27/h8-9,13,15-16,18,20,25,28-30H,6-7,10-11H2,1-5H3. The van der Waals surface area contributed by atoms with Gasteiger partial charge in [-0.1, -0.05) is 39.8 Å². The van der Waals surface area contributed by atoms with E-state index in [1.54, 1.807) is 26.0 Å². The molecule has 0 spiro atoms. The predicted octanol–water partition coefficient (Wildman–Crippen LogP) is 1.28. The lowest BCUT2D eigenvalue weighted by Gasteiger charge is -2.52. The summed E-state index contributed by atoms with van der Waals surface area (Å²) in [6, 6.07) is 0. The van der Waals surface area contributed by atoms with E-state index < -0.39 is 63.7 Å². The monoisotopic (exact) mass is 434 g/mol. The Hall–Kier alpha value is -1.54. The molecular weight excluding hydrogens is 400 g/mol. The van der Waals surface area contributed by atoms with E-state index in [9.17, 15) is 30.0 Å². The van der Waals surface area contributed by atoms with Gasteiger partial charge in [0.2, 0.25) is 0 Å². The Kier molecular flexibility index (Phi) is 4.92. The van der Waals surface area contributed by atoms with Crippen molar-refractivity contribution in [2.45, 2.75) is 76.8 Å². The highest BCUT2D eigenvalue weighted by Gasteiger charge is 2.85. The molecule has 172 valence electrons. The van der Waals surface area contributed by atoms with Gasteiger partial charge in [0, 0.05) is 41.9 Å². The summed E-state index contributed by atoms with van der Waals surface area (Å²) in [5, 5.41) is 45.5. The number of hydrogen-bond donors (Lipinski definition) is 4. The summed E-state index contributed by atoms with van der Waals surface area (Å²) in [5.74, 6) is -3.70. The maximum Gasteiger partial charge on any atom is 0.306 e. The fourth-order valence-electron chi connectivity index (χ4n) is 7.01. The van der Waals surface area contributed by atoms with E-state index in [1.165, 1.54) is 0 Å². The predicted molar refractivity (Wildman–Crippen MR) is 112 cm³/mol. The van der Waals surface area contributed by atoms with Crippen molar-refractivity contribution in [1.82, 2.24) is 0 Å². The molecular formula is C24H34O7. The molecule has 0 saturated heterocycles. The number of ether oxygens (including phenoxy) is 1. The molecule has 7 nitrogen and oxygen atoms in total. The summed E-state index contributed by atoms with van der Waals surface area (Å²) in [7, 11) is 0. The second kappa shape index (κ2) is 6.73. The molecule has 8 atom stereocenters. The highest BCUT2D eigenvalue weighted by atomic mass is 16.6. The van der Waals surface area contributed by atoms with Crippen LogP contribution < -0.4 is 0 Å². The van der Waals surface area contributed by atoms with Crippen molar-refractivity contribution in [3.05, 3.63) is 23.3 Å². The summed E-state index contributed by atoms with van der Waals surface area (Å²) in [6.07, 6.45) is 3.08. The largest absolute Gasteiger partial charge is 0.459 e. The average molecular weight is 435 g/mol. The van der Waals surface area contributed by atoms with Crippen LogP contribution in [0.3, 0.4) is 0 Å². The Morgan fingerprint density at radius 2 is 1.87 bits per heavy atom. The minimum Gasteiger partial charge on any atom is -0.459 e. The maximum atomic E-state index is 13.0. The lowest BCUT2D eigenvalue weighted by Crippen LogP contribution is -2.65. The van der Waals surface area contributed by atoms with E-state index in [4.69, 9.17) is 4.74 Å². The first kappa shape index (κ1) is 22.6. The average Bonchev–Trinajstić information content (AvgIpc) is 3.09. The lowest BCUT2D eigenvalue weighted by atomic mass is 9.59. The van der Waals surface area contributed by atoms with Crippen LogP contribution >= 0.6 is 0 Å². The third-order valence-corrected chi connectivity index (χ3v) is 8.72. The molecule has 0 aromatic carbocycles. The third kappa shape index (κ3) is 2.60. The van der Waals surface area contributed by atoms with Crippen LogP contribution in [0.5, 0.6) is 0 Å². The van der Waals surface area contributed by atoms with Crippen LogP contribution in [-0.4, -0.2) is 61.7 Å². The number of Topliss-reactive ketones (excluding diaryl/α,β-unsaturated/α-hetero) is 1. The second-order valence-electron chi connectivity index (χ2n) is 10.6. The van der Waals surface area contributed by atoms with Crippen LogP contribution in [-0.2, 0) is 14.3 Å². The molecule has 0 heterocycles. The minimum atomic E-state index is -1.89. The summed E-state index contributed by atoms with van der Waals surface area (Å²) in [5.41, 5.74) is -4.74. The van der Waals surface area contributed by atoms with Crippen molar-refractivity contribution in [3.63, 3.8) is 0 Å². The number of fused-ring (bicyclic) bond motifs is 5. The van der Waals surface area contributed by atoms with Gasteiger partial charge in [-0.25, -0.2) is 0 Å². The van der Waals surface area contributed by atoms with E-state index in [2.05, 4.69) is 0 Å². The topological polar surface area (TPSA) is 124 Å². The molecule has 31 heavy (non-hydrogen) atoms. The fourth-order valence-corrected chi connectivity index (χ4v) is 7.01. The first-order valence-corrected chi connectivity index (χ1v) is 11.2. The lowest BCUT2D eigenvalue weighted by molar-refractivity contribution is -0.221. The Morgan fingerprint density at radius 1 is 1.23 bits per heavy atom. The summed E-state index contributed by atoms with van der Waals surface area (Å²) in [4.78, 5) is 25.4. The zero-order valence-electron chi connectivity index (χ0n) is 18.9. The van der Waals surface area contributed by atoms with Gasteiger partial charge < -0.3 is 25.2 Å². The third-order valence-electron chi connectivity index (χ3n) is 8.72. The van der Waals surface area contributed by atoms with Gasteiger partial charge in [-0.3, -0.25) is 9.59 Å². The highest BCUT2D eigenvalue weighted by Crippen LogP contribution is 2.75. The number of hydrogen-bond acceptors (Lipinski definition) is 7. The van der Waals surface area contributed by atoms with Crippen LogP contribution in [0.2, 0.25) is 0 Å². The number of carbonyl (C=O) groups excluding carboxylic acids is 2. The Balaban J connectivity index is 1.89. The molecule has 8 unspecified atom stereocenters. The number of carbonyl (C=O) groups is 2. The molecule has 4 N–H and O–H groups in total. The molecule has 0 aromatic heterocycles. The fraction of sp³-hybridized carbons (Fsp3) is 0.750. The van der Waals surface area contributed by atoms with E-state index in [0.29, 0.717) is 17.6 Å². The molecule has 7 heteroatoms. The molecule has 4 aliphatic rings. The molecule has 0 aliphatic heterocycles. The van der Waals surface area contributed by atoms with Gasteiger partial charge in [0.15, 0.2) is 5.78 Å². The van der Waals surface area contributed by atoms with Gasteiger partial charge in [-0.2, -0.15) is 0 Å². The molecule has 4 aliphatic carbocycles. The normalized spacial score (nSPS) is 47.4. The molecule has 0 bridgehead atoms. The number of ketones is 1. The van der Waals surface area contributed by atoms with Crippen LogP contribution in [0.25, 0.3) is 0 Å². The number of esters is 1. The van der Waals surface area contributed by atoms with Gasteiger partial charge in [-0.15, -0.1) is 0 Å². The quantitative estimate of drug-likeness (QED) is 0.388. The molecule has 2 fully saturated rings. The van der Waals surface area contributed by atoms with Crippen LogP contribution in [0.4, 0.5) is 0 Å². The van der Waals surface area contributed by atoms with E-state index in [0.717, 1.165) is 0 Å². The Morgan fingerprint density at radius 3 is 2.45 bits per heavy atom. The van der Waals surface area contributed by atoms with Crippen molar-refractivity contribution >= 4 is 11.8 Å². The number of aliphatic hydroxyl groups excluding tert-OH is 1. The first-order chi connectivity index (χ1) is 14.3. The van der Waals surface area contributed by atoms with Crippen molar-refractivity contribution < 1.29 is 34.8 Å². The summed E-state index contributed by atoms with van der Waals surface area (Å²) >= 11 is 0. The van der Waals surface area contributed by atoms with E-state index in [1.807, 2.05) is 20.8 Å². The SMILES string of the molecule is CCCC(=O)OC1C(C)C2(O)C(C=C(CO)CC3(O)C(=O)C(C)=CC32)C2C(C)(C)C12O. The smallest absolute Gasteiger partial charge is 0.306 e. The van der Waals surface area contributed by atoms with Crippen LogP contribution in [0, 0.1) is 29.1 Å². The number of aliphatic hydroxyl groups is 4. The maximum absolute atomic E-state index is 13.0. The highest BCUT2D eigenvalue weighted by molar-refractivity contribution is 6.04. The van der Waals surface area contributed by atoms with Crippen LogP contribution in [0.15, 0.2) is 23.3 Å². The summed E-state index contributed by atoms with van der Waals surface area (Å²) in [6.45, 7) is 8.58. The van der Waals surface area contributed by atoms with Crippen LogP contribution in [0.1, 0.15) is 53.9 Å². The van der Waals surface area contributed by atoms with Gasteiger partial charge in [-0.05, 0) is 24.5 Å². The van der Waals surface area contributed by atoms with E-state index in [-0.39, 0.29) is 19.4 Å². The van der Waals surface area contributed by atoms with E-state index >= 15 is 0 Å². The van der Waals surface area contributed by atoms with Gasteiger partial charge in [0.25, 0.3) is 0 Å². The second-order valence-corrected chi connectivity index (χ2v) is 10.6. The van der Waals surface area contributed by atoms with Gasteiger partial charge in [0.1, 0.15) is 17.3 Å². The van der Waals surface area contributed by atoms with Crippen molar-refractivity contribution in [2.75, 3.05) is 6.61 Å². The number of rotatable bonds is 4. The zero-order valence-corrected chi connectivity index (χ0v) is 18.9.